The molecule has 0 aliphatic heterocycles. The van der Waals surface area contributed by atoms with E-state index in [0.29, 0.717) is 28.7 Å². The average Bonchev–Trinajstić information content (AvgIpc) is 3.45. The van der Waals surface area contributed by atoms with E-state index in [1.165, 1.54) is 35.1 Å². The summed E-state index contributed by atoms with van der Waals surface area (Å²) in [5, 5.41) is 12.9. The van der Waals surface area contributed by atoms with Crippen molar-refractivity contribution in [3.05, 3.63) is 58.5 Å². The number of anilines is 1. The van der Waals surface area contributed by atoms with Crippen LogP contribution in [0.3, 0.4) is 0 Å². The van der Waals surface area contributed by atoms with Crippen LogP contribution in [0.15, 0.2) is 36.1 Å². The molecule has 0 atom stereocenters. The van der Waals surface area contributed by atoms with Crippen molar-refractivity contribution in [3.8, 4) is 0 Å². The number of aryl methyl sites for hydroxylation is 2. The van der Waals surface area contributed by atoms with Crippen molar-refractivity contribution in [2.45, 2.75) is 50.2 Å². The Hall–Kier alpha value is -2.85. The average molecular weight is 500 g/mol. The molecule has 1 aliphatic rings. The third-order valence-electron chi connectivity index (χ3n) is 5.89. The molecule has 180 valence electrons. The number of thiophene rings is 1. The fourth-order valence-corrected chi connectivity index (χ4v) is 6.21. The highest BCUT2D eigenvalue weighted by Gasteiger charge is 2.26. The zero-order valence-electron chi connectivity index (χ0n) is 19.5. The molecule has 0 unspecified atom stereocenters. The number of nitrogens with one attached hydrogen (secondary N) is 1. The normalized spacial score (nSPS) is 13.2. The number of carbonyl (C=O) groups excluding carboxylic acids is 2. The number of nitrogens with zero attached hydrogens (tertiary/aromatic N) is 4. The molecule has 3 aromatic rings. The quantitative estimate of drug-likeness (QED) is 0.205. The summed E-state index contributed by atoms with van der Waals surface area (Å²) >= 11 is 2.82. The van der Waals surface area contributed by atoms with E-state index in [2.05, 4.69) is 32.7 Å². The van der Waals surface area contributed by atoms with Crippen LogP contribution in [0, 0.1) is 0 Å². The van der Waals surface area contributed by atoms with Crippen LogP contribution in [0.2, 0.25) is 0 Å². The summed E-state index contributed by atoms with van der Waals surface area (Å²) in [6, 6.07) is 4.05. The van der Waals surface area contributed by atoms with E-state index in [0.717, 1.165) is 49.2 Å². The van der Waals surface area contributed by atoms with Crippen molar-refractivity contribution in [2.75, 3.05) is 18.2 Å². The van der Waals surface area contributed by atoms with Crippen molar-refractivity contribution in [3.63, 3.8) is 0 Å². The van der Waals surface area contributed by atoms with Gasteiger partial charge in [-0.05, 0) is 43.4 Å². The van der Waals surface area contributed by atoms with Gasteiger partial charge in [-0.2, -0.15) is 0 Å². The summed E-state index contributed by atoms with van der Waals surface area (Å²) < 4.78 is 9.06. The Bertz CT molecular complexity index is 1190. The maximum atomic E-state index is 12.8. The van der Waals surface area contributed by atoms with E-state index >= 15 is 0 Å². The second-order valence-electron chi connectivity index (χ2n) is 8.18. The van der Waals surface area contributed by atoms with Crippen molar-refractivity contribution in [2.24, 2.45) is 7.05 Å². The minimum Gasteiger partial charge on any atom is -0.465 e. The van der Waals surface area contributed by atoms with Crippen LogP contribution in [-0.4, -0.2) is 44.1 Å². The van der Waals surface area contributed by atoms with Gasteiger partial charge in [0.25, 0.3) is 0 Å². The Balaban J connectivity index is 1.47. The lowest BCUT2D eigenvalue weighted by molar-refractivity contribution is -0.113. The largest absolute Gasteiger partial charge is 0.465 e. The molecule has 3 aromatic heterocycles. The zero-order valence-corrected chi connectivity index (χ0v) is 21.1. The lowest BCUT2D eigenvalue weighted by atomic mass is 10.1. The number of allylic oxidation sites excluding steroid dienone is 1. The summed E-state index contributed by atoms with van der Waals surface area (Å²) in [5.74, 6) is 0.393. The number of thioether (sulfide) groups is 1. The number of amides is 1. The Morgan fingerprint density at radius 3 is 2.85 bits per heavy atom. The second-order valence-corrected chi connectivity index (χ2v) is 10.2. The number of methoxy groups -OCH3 is 1. The van der Waals surface area contributed by atoms with Crippen LogP contribution in [0.5, 0.6) is 0 Å². The van der Waals surface area contributed by atoms with Crippen molar-refractivity contribution >= 4 is 40.0 Å². The van der Waals surface area contributed by atoms with E-state index in [1.54, 1.807) is 6.08 Å². The van der Waals surface area contributed by atoms with Gasteiger partial charge in [-0.1, -0.05) is 24.3 Å². The number of esters is 1. The molecule has 0 aromatic carbocycles. The van der Waals surface area contributed by atoms with Gasteiger partial charge in [-0.25, -0.2) is 4.79 Å². The second kappa shape index (κ2) is 11.1. The molecular weight excluding hydrogens is 470 g/mol. The van der Waals surface area contributed by atoms with E-state index in [-0.39, 0.29) is 11.7 Å². The smallest absolute Gasteiger partial charge is 0.341 e. The highest BCUT2D eigenvalue weighted by Crippen LogP contribution is 2.38. The Morgan fingerprint density at radius 2 is 2.12 bits per heavy atom. The van der Waals surface area contributed by atoms with Gasteiger partial charge in [0.15, 0.2) is 5.16 Å². The zero-order chi connectivity index (χ0) is 24.1. The molecule has 3 heterocycles. The van der Waals surface area contributed by atoms with Gasteiger partial charge >= 0.3 is 5.97 Å². The van der Waals surface area contributed by atoms with Crippen molar-refractivity contribution < 1.29 is 14.3 Å². The summed E-state index contributed by atoms with van der Waals surface area (Å²) in [6.45, 7) is 4.40. The first-order chi connectivity index (χ1) is 16.5. The predicted molar refractivity (Wildman–Crippen MR) is 135 cm³/mol. The molecule has 0 bridgehead atoms. The third-order valence-corrected chi connectivity index (χ3v) is 8.07. The molecule has 0 fully saturated rings. The predicted octanol–water partition coefficient (Wildman–Crippen LogP) is 4.24. The first kappa shape index (κ1) is 24.3. The minimum atomic E-state index is -0.390. The summed E-state index contributed by atoms with van der Waals surface area (Å²) in [6.07, 6.45) is 9.50. The highest BCUT2D eigenvalue weighted by molar-refractivity contribution is 7.99. The third kappa shape index (κ3) is 5.28. The van der Waals surface area contributed by atoms with Gasteiger partial charge in [0.2, 0.25) is 5.91 Å². The van der Waals surface area contributed by atoms with Crippen LogP contribution in [0.25, 0.3) is 0 Å². The molecule has 8 nitrogen and oxygen atoms in total. The number of hydrogen-bond donors (Lipinski definition) is 1. The van der Waals surface area contributed by atoms with Crippen LogP contribution in [0.4, 0.5) is 5.00 Å². The summed E-state index contributed by atoms with van der Waals surface area (Å²) in [5.41, 5.74) is 2.68. The van der Waals surface area contributed by atoms with Crippen LogP contribution < -0.4 is 5.32 Å². The van der Waals surface area contributed by atoms with Gasteiger partial charge in [-0.15, -0.1) is 28.1 Å². The Morgan fingerprint density at radius 1 is 1.29 bits per heavy atom. The van der Waals surface area contributed by atoms with E-state index < -0.39 is 5.97 Å². The van der Waals surface area contributed by atoms with Crippen molar-refractivity contribution in [1.82, 2.24) is 19.3 Å². The molecule has 1 N–H and O–H groups in total. The standard InChI is InChI=1S/C24H29N5O3S2/c1-4-12-29-19(14-16-9-8-13-28(16)2)26-27-24(29)33-15-20(30)25-22-21(23(31)32-3)17-10-6-5-7-11-18(17)34-22/h4,8-9,13H,1,5-7,10-12,14-15H2,2-3H3,(H,25,30). The van der Waals surface area contributed by atoms with Crippen molar-refractivity contribution in [1.29, 1.82) is 0 Å². The fourth-order valence-electron chi connectivity index (χ4n) is 4.15. The Kier molecular flexibility index (Phi) is 7.89. The number of rotatable bonds is 9. The topological polar surface area (TPSA) is 91.0 Å². The lowest BCUT2D eigenvalue weighted by Gasteiger charge is -2.09. The first-order valence-corrected chi connectivity index (χ1v) is 13.1. The number of carbonyl (C=O) groups is 2. The monoisotopic (exact) mass is 499 g/mol. The molecule has 1 aliphatic carbocycles. The molecular formula is C24H29N5O3S2. The number of hydrogen-bond acceptors (Lipinski definition) is 7. The van der Waals surface area contributed by atoms with Gasteiger partial charge in [0.05, 0.1) is 18.4 Å². The molecule has 1 amide bonds. The van der Waals surface area contributed by atoms with Gasteiger partial charge in [-0.3, -0.25) is 4.79 Å². The van der Waals surface area contributed by atoms with E-state index in [4.69, 9.17) is 4.74 Å². The van der Waals surface area contributed by atoms with Crippen LogP contribution in [0.1, 0.15) is 51.6 Å². The van der Waals surface area contributed by atoms with Crippen LogP contribution >= 0.6 is 23.1 Å². The maximum Gasteiger partial charge on any atom is 0.341 e. The van der Waals surface area contributed by atoms with E-state index in [1.807, 2.05) is 23.9 Å². The molecule has 0 spiro atoms. The molecule has 34 heavy (non-hydrogen) atoms. The number of ether oxygens (including phenoxy) is 1. The molecule has 0 saturated heterocycles. The highest BCUT2D eigenvalue weighted by atomic mass is 32.2. The van der Waals surface area contributed by atoms with Gasteiger partial charge in [0, 0.05) is 36.8 Å². The molecule has 0 saturated carbocycles. The van der Waals surface area contributed by atoms with Gasteiger partial charge in [0.1, 0.15) is 10.8 Å². The maximum absolute atomic E-state index is 12.8. The Labute approximate surface area is 207 Å². The van der Waals surface area contributed by atoms with Gasteiger partial charge < -0.3 is 19.2 Å². The minimum absolute atomic E-state index is 0.155. The SMILES string of the molecule is C=CCn1c(Cc2cccn2C)nnc1SCC(=O)Nc1sc2c(c1C(=O)OC)CCCCC2. The molecule has 10 heteroatoms. The number of fused-ring (bicyclic) bond motifs is 1. The fraction of sp³-hybridized carbons (Fsp3) is 0.417. The summed E-state index contributed by atoms with van der Waals surface area (Å²) in [4.78, 5) is 26.5. The number of aromatic nitrogens is 4. The lowest BCUT2D eigenvalue weighted by Crippen LogP contribution is -2.17. The summed E-state index contributed by atoms with van der Waals surface area (Å²) in [7, 11) is 3.38. The molecule has 4 rings (SSSR count). The first-order valence-electron chi connectivity index (χ1n) is 11.3. The van der Waals surface area contributed by atoms with E-state index in [9.17, 15) is 9.59 Å². The van der Waals surface area contributed by atoms with Crippen LogP contribution in [-0.2, 0) is 42.4 Å². The molecule has 0 radical (unpaired) electrons.